The van der Waals surface area contributed by atoms with Gasteiger partial charge in [-0.05, 0) is 7.05 Å². The van der Waals surface area contributed by atoms with Crippen LogP contribution in [-0.4, -0.2) is 18.8 Å². The summed E-state index contributed by atoms with van der Waals surface area (Å²) in [5.74, 6) is 0. The summed E-state index contributed by atoms with van der Waals surface area (Å²) < 4.78 is 4.72. The molecule has 0 radical (unpaired) electrons. The Hall–Kier alpha value is 0.210. The maximum absolute atomic E-state index is 5.37. The maximum Gasteiger partial charge on any atom is 0.172 e. The highest BCUT2D eigenvalue weighted by atomic mass is 35.5. The zero-order valence-electron chi connectivity index (χ0n) is 3.44. The Balaban J connectivity index is 2.09. The van der Waals surface area contributed by atoms with Crippen molar-refractivity contribution in [3.63, 3.8) is 0 Å². The van der Waals surface area contributed by atoms with Crippen LogP contribution in [0, 0.1) is 0 Å². The lowest BCUT2D eigenvalue weighted by molar-refractivity contribution is 0.376. The number of ether oxygens (including phenoxy) is 1. The van der Waals surface area contributed by atoms with Crippen molar-refractivity contribution in [1.29, 1.82) is 0 Å². The molecule has 1 fully saturated rings. The molecule has 0 saturated carbocycles. The second-order valence-electron chi connectivity index (χ2n) is 1.20. The van der Waals surface area contributed by atoms with E-state index in [4.69, 9.17) is 16.3 Å². The Kier molecular flexibility index (Phi) is 0.998. The largest absolute Gasteiger partial charge is 0.336 e. The Morgan fingerprint density at radius 1 is 1.83 bits per heavy atom. The maximum atomic E-state index is 5.37. The van der Waals surface area contributed by atoms with Gasteiger partial charge in [-0.15, -0.1) is 0 Å². The molecule has 1 rings (SSSR count). The summed E-state index contributed by atoms with van der Waals surface area (Å²) in [6, 6.07) is 0. The summed E-state index contributed by atoms with van der Waals surface area (Å²) in [7, 11) is 1.81. The standard InChI is InChI=1S/C3H6ClNO/c1-5-3-2(4)6-3/h2-3,5H,1H3. The Morgan fingerprint density at radius 3 is 2.33 bits per heavy atom. The van der Waals surface area contributed by atoms with Gasteiger partial charge in [0.1, 0.15) is 0 Å². The molecule has 0 bridgehead atoms. The first-order chi connectivity index (χ1) is 2.84. The first-order valence-corrected chi connectivity index (χ1v) is 2.25. The molecule has 1 saturated heterocycles. The highest BCUT2D eigenvalue weighted by Gasteiger charge is 2.34. The molecule has 0 aromatic rings. The van der Waals surface area contributed by atoms with E-state index in [1.807, 2.05) is 7.05 Å². The summed E-state index contributed by atoms with van der Waals surface area (Å²) in [6.07, 6.45) is 0.117. The number of rotatable bonds is 1. The second-order valence-corrected chi connectivity index (χ2v) is 1.63. The number of halogens is 1. The minimum atomic E-state index is -0.0741. The number of hydrogen-bond donors (Lipinski definition) is 1. The molecule has 2 atom stereocenters. The zero-order chi connectivity index (χ0) is 4.57. The highest BCUT2D eigenvalue weighted by Crippen LogP contribution is 2.21. The van der Waals surface area contributed by atoms with E-state index in [2.05, 4.69) is 5.32 Å². The van der Waals surface area contributed by atoms with Crippen molar-refractivity contribution in [2.45, 2.75) is 11.8 Å². The zero-order valence-corrected chi connectivity index (χ0v) is 4.20. The van der Waals surface area contributed by atoms with Crippen molar-refractivity contribution in [2.24, 2.45) is 0 Å². The average molecular weight is 108 g/mol. The minimum absolute atomic E-state index is 0.0741. The summed E-state index contributed by atoms with van der Waals surface area (Å²) in [5, 5.41) is 2.83. The first kappa shape index (κ1) is 4.37. The Labute approximate surface area is 41.4 Å². The van der Waals surface area contributed by atoms with Crippen LogP contribution in [0.2, 0.25) is 0 Å². The average Bonchev–Trinajstić information content (AvgIpc) is 2.19. The molecule has 6 heavy (non-hydrogen) atoms. The first-order valence-electron chi connectivity index (χ1n) is 1.81. The molecule has 1 N–H and O–H groups in total. The monoisotopic (exact) mass is 107 g/mol. The van der Waals surface area contributed by atoms with Gasteiger partial charge >= 0.3 is 0 Å². The van der Waals surface area contributed by atoms with E-state index in [-0.39, 0.29) is 11.8 Å². The second kappa shape index (κ2) is 1.37. The molecule has 3 heteroatoms. The topological polar surface area (TPSA) is 24.6 Å². The van der Waals surface area contributed by atoms with Gasteiger partial charge in [0.25, 0.3) is 0 Å². The number of hydrogen-bond acceptors (Lipinski definition) is 2. The van der Waals surface area contributed by atoms with Gasteiger partial charge in [0.2, 0.25) is 0 Å². The van der Waals surface area contributed by atoms with Crippen LogP contribution in [0.4, 0.5) is 0 Å². The normalized spacial score (nSPS) is 43.0. The van der Waals surface area contributed by atoms with Crippen LogP contribution in [0.5, 0.6) is 0 Å². The van der Waals surface area contributed by atoms with Gasteiger partial charge in [-0.25, -0.2) is 0 Å². The van der Waals surface area contributed by atoms with Crippen LogP contribution in [0.1, 0.15) is 0 Å². The fraction of sp³-hybridized carbons (Fsp3) is 1.00. The molecule has 2 unspecified atom stereocenters. The molecule has 1 aliphatic heterocycles. The minimum Gasteiger partial charge on any atom is -0.336 e. The van der Waals surface area contributed by atoms with Gasteiger partial charge in [-0.3, -0.25) is 5.32 Å². The van der Waals surface area contributed by atoms with Crippen molar-refractivity contribution >= 4 is 11.6 Å². The van der Waals surface area contributed by atoms with Crippen molar-refractivity contribution in [3.8, 4) is 0 Å². The lowest BCUT2D eigenvalue weighted by atomic mass is 10.8. The van der Waals surface area contributed by atoms with Crippen molar-refractivity contribution in [2.75, 3.05) is 7.05 Å². The molecular weight excluding hydrogens is 101 g/mol. The molecule has 0 spiro atoms. The van der Waals surface area contributed by atoms with Gasteiger partial charge in [-0.2, -0.15) is 0 Å². The summed E-state index contributed by atoms with van der Waals surface area (Å²) in [5.41, 5.74) is -0.0741. The van der Waals surface area contributed by atoms with E-state index < -0.39 is 0 Å². The summed E-state index contributed by atoms with van der Waals surface area (Å²) in [4.78, 5) is 0. The van der Waals surface area contributed by atoms with Crippen LogP contribution >= 0.6 is 11.6 Å². The predicted octanol–water partition coefficient (Wildman–Crippen LogP) is 0.127. The van der Waals surface area contributed by atoms with E-state index in [0.717, 1.165) is 0 Å². The van der Waals surface area contributed by atoms with E-state index in [0.29, 0.717) is 0 Å². The van der Waals surface area contributed by atoms with Crippen LogP contribution in [-0.2, 0) is 4.74 Å². The fourth-order valence-corrected chi connectivity index (χ4v) is 0.531. The Morgan fingerprint density at radius 2 is 2.33 bits per heavy atom. The van der Waals surface area contributed by atoms with Gasteiger partial charge in [0.05, 0.1) is 0 Å². The lowest BCUT2D eigenvalue weighted by Gasteiger charge is -1.78. The van der Waals surface area contributed by atoms with Crippen molar-refractivity contribution in [1.82, 2.24) is 5.32 Å². The molecular formula is C3H6ClNO. The highest BCUT2D eigenvalue weighted by molar-refractivity contribution is 6.21. The summed E-state index contributed by atoms with van der Waals surface area (Å²) in [6.45, 7) is 0. The smallest absolute Gasteiger partial charge is 0.172 e. The quantitative estimate of drug-likeness (QED) is 0.381. The third-order valence-electron chi connectivity index (χ3n) is 0.723. The SMILES string of the molecule is CNC1OC1Cl. The van der Waals surface area contributed by atoms with Gasteiger partial charge in [0.15, 0.2) is 11.8 Å². The van der Waals surface area contributed by atoms with Gasteiger partial charge in [0, 0.05) is 0 Å². The van der Waals surface area contributed by atoms with Gasteiger partial charge in [-0.1, -0.05) is 11.6 Å². The predicted molar refractivity (Wildman–Crippen MR) is 23.6 cm³/mol. The molecule has 0 amide bonds. The van der Waals surface area contributed by atoms with Crippen LogP contribution in [0.25, 0.3) is 0 Å². The molecule has 36 valence electrons. The van der Waals surface area contributed by atoms with Crippen molar-refractivity contribution in [3.05, 3.63) is 0 Å². The molecule has 1 heterocycles. The van der Waals surface area contributed by atoms with E-state index >= 15 is 0 Å². The molecule has 1 aliphatic rings. The lowest BCUT2D eigenvalue weighted by Crippen LogP contribution is -2.10. The molecule has 0 aliphatic carbocycles. The fourth-order valence-electron chi connectivity index (χ4n) is 0.294. The van der Waals surface area contributed by atoms with Crippen LogP contribution in [0.15, 0.2) is 0 Å². The third kappa shape index (κ3) is 0.644. The third-order valence-corrected chi connectivity index (χ3v) is 1.05. The van der Waals surface area contributed by atoms with E-state index in [1.54, 1.807) is 0 Å². The summed E-state index contributed by atoms with van der Waals surface area (Å²) >= 11 is 5.37. The van der Waals surface area contributed by atoms with Gasteiger partial charge < -0.3 is 4.74 Å². The number of alkyl halides is 1. The molecule has 0 aromatic carbocycles. The van der Waals surface area contributed by atoms with Crippen LogP contribution < -0.4 is 5.32 Å². The van der Waals surface area contributed by atoms with E-state index in [9.17, 15) is 0 Å². The van der Waals surface area contributed by atoms with Crippen molar-refractivity contribution < 1.29 is 4.74 Å². The molecule has 2 nitrogen and oxygen atoms in total. The Bertz CT molecular complexity index is 56.8. The van der Waals surface area contributed by atoms with Crippen LogP contribution in [0.3, 0.4) is 0 Å². The number of likely N-dealkylation sites (N-methyl/N-ethyl adjacent to an activating group) is 1. The number of epoxide rings is 1. The number of nitrogens with one attached hydrogen (secondary N) is 1. The van der Waals surface area contributed by atoms with E-state index in [1.165, 1.54) is 0 Å². The molecule has 0 aromatic heterocycles.